The molecule has 0 aromatic rings. The van der Waals surface area contributed by atoms with Gasteiger partial charge in [-0.15, -0.1) is 0 Å². The molecule has 2 N–H and O–H groups in total. The van der Waals surface area contributed by atoms with Crippen molar-refractivity contribution >= 4 is 13.7 Å². The number of nitrogens with one attached hydrogen (secondary N) is 1. The maximum absolute atomic E-state index is 12.5. The van der Waals surface area contributed by atoms with Crippen LogP contribution in [0.1, 0.15) is 78.1 Å². The Labute approximate surface area is 231 Å². The standard InChI is InChI=1S/C29H53N2O6P/c1-6-8-10-11-12-13-14-15-16-17-18-19-21-23-29(33)30-27(28(32)22-20-9-7-2)26-37-38(34,35)36-25-24-31(3,4)5/h8,10,12-13,15-16,18-19,27-28,32H,6-7,9,11,14,17,20-26H2,1-5H3,(H-,30,33,34,35)/b10-8-,13-12-,16-15-,19-18-. The van der Waals surface area contributed by atoms with Crippen molar-refractivity contribution in [3.63, 3.8) is 0 Å². The maximum atomic E-state index is 12.5. The van der Waals surface area contributed by atoms with E-state index in [2.05, 4.69) is 55.6 Å². The van der Waals surface area contributed by atoms with Gasteiger partial charge in [0.25, 0.3) is 7.82 Å². The fourth-order valence-corrected chi connectivity index (χ4v) is 4.00. The second-order valence-electron chi connectivity index (χ2n) is 10.4. The van der Waals surface area contributed by atoms with E-state index in [0.717, 1.165) is 44.9 Å². The van der Waals surface area contributed by atoms with E-state index in [9.17, 15) is 19.4 Å². The van der Waals surface area contributed by atoms with Crippen LogP contribution in [-0.4, -0.2) is 68.5 Å². The Bertz CT molecular complexity index is 774. The molecule has 3 unspecified atom stereocenters. The molecule has 9 heteroatoms. The Hall–Kier alpha value is -1.54. The summed E-state index contributed by atoms with van der Waals surface area (Å²) in [6.07, 6.45) is 23.5. The van der Waals surface area contributed by atoms with Crippen LogP contribution >= 0.6 is 7.82 Å². The van der Waals surface area contributed by atoms with Crippen LogP contribution in [0, 0.1) is 0 Å². The number of hydrogen-bond acceptors (Lipinski definition) is 6. The molecule has 0 aliphatic heterocycles. The van der Waals surface area contributed by atoms with Crippen LogP contribution in [0.15, 0.2) is 48.6 Å². The fraction of sp³-hybridized carbons (Fsp3) is 0.690. The third-order valence-electron chi connectivity index (χ3n) is 5.59. The zero-order valence-electron chi connectivity index (χ0n) is 24.3. The van der Waals surface area contributed by atoms with Gasteiger partial charge >= 0.3 is 0 Å². The quantitative estimate of drug-likeness (QED) is 0.0775. The number of phosphoric acid groups is 1. The second-order valence-corrected chi connectivity index (χ2v) is 11.8. The molecule has 0 radical (unpaired) electrons. The minimum atomic E-state index is -4.55. The van der Waals surface area contributed by atoms with Gasteiger partial charge in [0.1, 0.15) is 13.2 Å². The van der Waals surface area contributed by atoms with Crippen molar-refractivity contribution in [3.8, 4) is 0 Å². The Kier molecular flexibility index (Phi) is 21.4. The first-order valence-corrected chi connectivity index (χ1v) is 15.4. The summed E-state index contributed by atoms with van der Waals surface area (Å²) in [5.41, 5.74) is 0. The Morgan fingerprint density at radius 2 is 1.53 bits per heavy atom. The number of carbonyl (C=O) groups is 1. The highest BCUT2D eigenvalue weighted by Gasteiger charge is 2.24. The molecule has 0 fully saturated rings. The summed E-state index contributed by atoms with van der Waals surface area (Å²) in [6, 6.07) is -0.832. The first-order chi connectivity index (χ1) is 18.0. The normalized spacial score (nSPS) is 16.1. The van der Waals surface area contributed by atoms with Gasteiger partial charge in [0.15, 0.2) is 0 Å². The number of rotatable bonds is 23. The van der Waals surface area contributed by atoms with Crippen molar-refractivity contribution in [2.45, 2.75) is 90.2 Å². The van der Waals surface area contributed by atoms with Gasteiger partial charge in [0.05, 0.1) is 39.9 Å². The highest BCUT2D eigenvalue weighted by molar-refractivity contribution is 7.45. The minimum absolute atomic E-state index is 0.00474. The number of amides is 1. The molecule has 0 bridgehead atoms. The number of phosphoric ester groups is 1. The van der Waals surface area contributed by atoms with E-state index < -0.39 is 20.0 Å². The average molecular weight is 557 g/mol. The second kappa shape index (κ2) is 22.3. The molecule has 0 aromatic carbocycles. The number of unbranched alkanes of at least 4 members (excludes halogenated alkanes) is 2. The zero-order chi connectivity index (χ0) is 28.7. The molecule has 0 rings (SSSR count). The number of aliphatic hydroxyl groups is 1. The van der Waals surface area contributed by atoms with Gasteiger partial charge in [0.2, 0.25) is 5.91 Å². The molecular weight excluding hydrogens is 503 g/mol. The molecule has 1 amide bonds. The summed E-state index contributed by atoms with van der Waals surface area (Å²) in [5, 5.41) is 13.3. The lowest BCUT2D eigenvalue weighted by atomic mass is 10.0. The number of hydrogen-bond donors (Lipinski definition) is 2. The van der Waals surface area contributed by atoms with E-state index in [1.807, 2.05) is 33.3 Å². The minimum Gasteiger partial charge on any atom is -0.756 e. The summed E-state index contributed by atoms with van der Waals surface area (Å²) >= 11 is 0. The van der Waals surface area contributed by atoms with Crippen molar-refractivity contribution in [2.75, 3.05) is 40.9 Å². The number of allylic oxidation sites excluding steroid dienone is 8. The van der Waals surface area contributed by atoms with Gasteiger partial charge in [-0.3, -0.25) is 9.36 Å². The zero-order valence-corrected chi connectivity index (χ0v) is 25.2. The molecular formula is C29H53N2O6P. The summed E-state index contributed by atoms with van der Waals surface area (Å²) < 4.78 is 22.7. The summed E-state index contributed by atoms with van der Waals surface area (Å²) in [4.78, 5) is 24.6. The third kappa shape index (κ3) is 23.6. The van der Waals surface area contributed by atoms with E-state index in [0.29, 0.717) is 23.9 Å². The number of likely N-dealkylation sites (N-methyl/N-ethyl adjacent to an activating group) is 1. The molecule has 0 spiro atoms. The SMILES string of the molecule is CC/C=C\C/C=C\C/C=C\C/C=C\CCC(=O)NC(COP(=O)([O-])OCC[N+](C)(C)C)C(O)CCCCC. The van der Waals surface area contributed by atoms with Crippen molar-refractivity contribution in [1.82, 2.24) is 5.32 Å². The smallest absolute Gasteiger partial charge is 0.268 e. The van der Waals surface area contributed by atoms with Gasteiger partial charge in [-0.25, -0.2) is 0 Å². The lowest BCUT2D eigenvalue weighted by Crippen LogP contribution is -2.46. The maximum Gasteiger partial charge on any atom is 0.268 e. The highest BCUT2D eigenvalue weighted by atomic mass is 31.2. The van der Waals surface area contributed by atoms with Crippen LogP contribution < -0.4 is 10.2 Å². The molecule has 0 saturated heterocycles. The largest absolute Gasteiger partial charge is 0.756 e. The molecule has 0 heterocycles. The number of quaternary nitrogens is 1. The summed E-state index contributed by atoms with van der Waals surface area (Å²) in [6.45, 7) is 4.30. The molecule has 8 nitrogen and oxygen atoms in total. The number of aliphatic hydroxyl groups excluding tert-OH is 1. The van der Waals surface area contributed by atoms with E-state index in [1.165, 1.54) is 0 Å². The highest BCUT2D eigenvalue weighted by Crippen LogP contribution is 2.38. The first-order valence-electron chi connectivity index (χ1n) is 14.0. The molecule has 0 saturated carbocycles. The van der Waals surface area contributed by atoms with E-state index in [-0.39, 0.29) is 25.5 Å². The molecule has 0 aromatic heterocycles. The van der Waals surface area contributed by atoms with Crippen LogP contribution in [0.4, 0.5) is 0 Å². The number of nitrogens with zero attached hydrogens (tertiary/aromatic N) is 1. The van der Waals surface area contributed by atoms with Crippen LogP contribution in [0.25, 0.3) is 0 Å². The van der Waals surface area contributed by atoms with Crippen molar-refractivity contribution in [2.24, 2.45) is 0 Å². The molecule has 38 heavy (non-hydrogen) atoms. The van der Waals surface area contributed by atoms with Crippen LogP contribution in [0.2, 0.25) is 0 Å². The van der Waals surface area contributed by atoms with Gasteiger partial charge in [-0.2, -0.15) is 0 Å². The average Bonchev–Trinajstić information content (AvgIpc) is 2.83. The Morgan fingerprint density at radius 3 is 2.08 bits per heavy atom. The van der Waals surface area contributed by atoms with Crippen LogP contribution in [0.5, 0.6) is 0 Å². The monoisotopic (exact) mass is 556 g/mol. The third-order valence-corrected chi connectivity index (χ3v) is 6.56. The van der Waals surface area contributed by atoms with Crippen LogP contribution in [-0.2, 0) is 18.4 Å². The van der Waals surface area contributed by atoms with Crippen LogP contribution in [0.3, 0.4) is 0 Å². The van der Waals surface area contributed by atoms with Gasteiger partial charge < -0.3 is 28.8 Å². The van der Waals surface area contributed by atoms with E-state index in [1.54, 1.807) is 0 Å². The predicted octanol–water partition coefficient (Wildman–Crippen LogP) is 5.21. The molecule has 0 aliphatic carbocycles. The topological polar surface area (TPSA) is 108 Å². The lowest BCUT2D eigenvalue weighted by molar-refractivity contribution is -0.870. The number of carbonyl (C=O) groups excluding carboxylic acids is 1. The van der Waals surface area contributed by atoms with Gasteiger partial charge in [-0.1, -0.05) is 81.7 Å². The fourth-order valence-electron chi connectivity index (χ4n) is 3.28. The summed E-state index contributed by atoms with van der Waals surface area (Å²) in [5.74, 6) is -0.262. The molecule has 3 atom stereocenters. The van der Waals surface area contributed by atoms with Crippen molar-refractivity contribution < 1.29 is 32.9 Å². The van der Waals surface area contributed by atoms with Crippen molar-refractivity contribution in [3.05, 3.63) is 48.6 Å². The van der Waals surface area contributed by atoms with E-state index in [4.69, 9.17) is 9.05 Å². The first kappa shape index (κ1) is 36.5. The molecule has 220 valence electrons. The Balaban J connectivity index is 4.56. The van der Waals surface area contributed by atoms with Gasteiger partial charge in [0, 0.05) is 6.42 Å². The predicted molar refractivity (Wildman–Crippen MR) is 154 cm³/mol. The lowest BCUT2D eigenvalue weighted by Gasteiger charge is -2.30. The van der Waals surface area contributed by atoms with E-state index >= 15 is 0 Å². The summed E-state index contributed by atoms with van der Waals surface area (Å²) in [7, 11) is 1.24. The van der Waals surface area contributed by atoms with Crippen molar-refractivity contribution in [1.29, 1.82) is 0 Å². The molecule has 0 aliphatic rings. The van der Waals surface area contributed by atoms with Gasteiger partial charge in [-0.05, 0) is 38.5 Å². The Morgan fingerprint density at radius 1 is 0.947 bits per heavy atom.